The third kappa shape index (κ3) is 2.40. The van der Waals surface area contributed by atoms with E-state index >= 15 is 0 Å². The van der Waals surface area contributed by atoms with Crippen molar-refractivity contribution in [2.75, 3.05) is 39.8 Å². The number of likely N-dealkylation sites (N-methyl/N-ethyl adjacent to an activating group) is 1. The van der Waals surface area contributed by atoms with Gasteiger partial charge in [-0.3, -0.25) is 0 Å². The van der Waals surface area contributed by atoms with Crippen LogP contribution in [0.25, 0.3) is 21.9 Å². The first-order chi connectivity index (χ1) is 12.6. The molecule has 0 aliphatic carbocycles. The molecule has 2 amide bonds. The number of aryl methyl sites for hydroxylation is 1. The number of aromatic nitrogens is 1. The summed E-state index contributed by atoms with van der Waals surface area (Å²) in [5.74, 6) is 0.920. The van der Waals surface area contributed by atoms with Crippen LogP contribution in [-0.2, 0) is 13.0 Å². The number of nitrogens with zero attached hydrogens (tertiary/aromatic N) is 3. The van der Waals surface area contributed by atoms with Crippen LogP contribution in [-0.4, -0.2) is 65.5 Å². The van der Waals surface area contributed by atoms with E-state index in [4.69, 9.17) is 4.42 Å². The fourth-order valence-electron chi connectivity index (χ4n) is 4.32. The Bertz CT molecular complexity index is 994. The lowest BCUT2D eigenvalue weighted by Gasteiger charge is -2.37. The number of benzene rings is 1. The molecule has 136 valence electrons. The second kappa shape index (κ2) is 5.77. The van der Waals surface area contributed by atoms with Gasteiger partial charge in [0.25, 0.3) is 0 Å². The van der Waals surface area contributed by atoms with Crippen molar-refractivity contribution in [3.05, 3.63) is 35.2 Å². The van der Waals surface area contributed by atoms with Gasteiger partial charge in [-0.15, -0.1) is 0 Å². The van der Waals surface area contributed by atoms with Gasteiger partial charge in [-0.2, -0.15) is 0 Å². The van der Waals surface area contributed by atoms with E-state index in [0.29, 0.717) is 6.54 Å². The molecule has 0 radical (unpaired) electrons. The molecule has 0 atom stereocenters. The Morgan fingerprint density at radius 1 is 1.12 bits per heavy atom. The van der Waals surface area contributed by atoms with E-state index in [1.54, 1.807) is 0 Å². The van der Waals surface area contributed by atoms with Crippen molar-refractivity contribution in [3.63, 3.8) is 0 Å². The Balaban J connectivity index is 1.50. The Morgan fingerprint density at radius 3 is 2.73 bits per heavy atom. The van der Waals surface area contributed by atoms with Gasteiger partial charge in [0.2, 0.25) is 0 Å². The van der Waals surface area contributed by atoms with Crippen LogP contribution in [0.2, 0.25) is 0 Å². The maximum atomic E-state index is 13.0. The Kier molecular flexibility index (Phi) is 3.50. The SMILES string of the molecule is Cc1cc2c(ccc3[nH]c4c(c32)CN(C(=O)N2CCN(C)CC2)CC4)o1. The van der Waals surface area contributed by atoms with Crippen LogP contribution < -0.4 is 0 Å². The molecule has 2 aromatic heterocycles. The number of H-pyrrole nitrogens is 1. The zero-order valence-corrected chi connectivity index (χ0v) is 15.3. The van der Waals surface area contributed by atoms with E-state index in [0.717, 1.165) is 61.4 Å². The van der Waals surface area contributed by atoms with Crippen LogP contribution in [0.4, 0.5) is 4.79 Å². The molecule has 1 fully saturated rings. The van der Waals surface area contributed by atoms with Gasteiger partial charge in [-0.05, 0) is 32.2 Å². The highest BCUT2D eigenvalue weighted by Crippen LogP contribution is 2.35. The van der Waals surface area contributed by atoms with Crippen LogP contribution in [0, 0.1) is 6.92 Å². The van der Waals surface area contributed by atoms with Gasteiger partial charge in [-0.25, -0.2) is 4.79 Å². The highest BCUT2D eigenvalue weighted by Gasteiger charge is 2.29. The highest BCUT2D eigenvalue weighted by atomic mass is 16.3. The van der Waals surface area contributed by atoms with Crippen LogP contribution in [0.15, 0.2) is 22.6 Å². The summed E-state index contributed by atoms with van der Waals surface area (Å²) in [7, 11) is 2.11. The molecule has 6 nitrogen and oxygen atoms in total. The Morgan fingerprint density at radius 2 is 1.92 bits per heavy atom. The largest absolute Gasteiger partial charge is 0.461 e. The van der Waals surface area contributed by atoms with Gasteiger partial charge in [0.15, 0.2) is 0 Å². The molecule has 0 spiro atoms. The molecule has 4 heterocycles. The second-order valence-electron chi connectivity index (χ2n) is 7.58. The average Bonchev–Trinajstić information content (AvgIpc) is 3.20. The summed E-state index contributed by atoms with van der Waals surface area (Å²) >= 11 is 0. The van der Waals surface area contributed by atoms with Crippen LogP contribution in [0.5, 0.6) is 0 Å². The van der Waals surface area contributed by atoms with Crippen molar-refractivity contribution in [3.8, 4) is 0 Å². The van der Waals surface area contributed by atoms with Crippen molar-refractivity contribution >= 4 is 27.9 Å². The number of carbonyl (C=O) groups excluding carboxylic acids is 1. The summed E-state index contributed by atoms with van der Waals surface area (Å²) in [6.45, 7) is 6.96. The molecule has 1 saturated heterocycles. The first-order valence-corrected chi connectivity index (χ1v) is 9.35. The molecule has 0 bridgehead atoms. The lowest BCUT2D eigenvalue weighted by Crippen LogP contribution is -2.52. The summed E-state index contributed by atoms with van der Waals surface area (Å²) in [6, 6.07) is 6.40. The maximum Gasteiger partial charge on any atom is 0.320 e. The number of urea groups is 1. The van der Waals surface area contributed by atoms with E-state index in [-0.39, 0.29) is 6.03 Å². The van der Waals surface area contributed by atoms with Gasteiger partial charge in [0.1, 0.15) is 11.3 Å². The van der Waals surface area contributed by atoms with Crippen molar-refractivity contribution in [2.24, 2.45) is 0 Å². The number of nitrogens with one attached hydrogen (secondary N) is 1. The van der Waals surface area contributed by atoms with Gasteiger partial charge >= 0.3 is 6.03 Å². The topological polar surface area (TPSA) is 55.7 Å². The average molecular weight is 352 g/mol. The summed E-state index contributed by atoms with van der Waals surface area (Å²) in [5, 5.41) is 2.36. The fourth-order valence-corrected chi connectivity index (χ4v) is 4.32. The first-order valence-electron chi connectivity index (χ1n) is 9.35. The number of hydrogen-bond donors (Lipinski definition) is 1. The van der Waals surface area contributed by atoms with Gasteiger partial charge in [0.05, 0.1) is 0 Å². The van der Waals surface area contributed by atoms with Crippen LogP contribution in [0.3, 0.4) is 0 Å². The lowest BCUT2D eigenvalue weighted by molar-refractivity contribution is 0.118. The molecule has 2 aliphatic rings. The van der Waals surface area contributed by atoms with E-state index in [1.165, 1.54) is 16.6 Å². The smallest absolute Gasteiger partial charge is 0.320 e. The van der Waals surface area contributed by atoms with Crippen molar-refractivity contribution < 1.29 is 9.21 Å². The predicted octanol–water partition coefficient (Wildman–Crippen LogP) is 2.95. The van der Waals surface area contributed by atoms with Crippen molar-refractivity contribution in [1.29, 1.82) is 0 Å². The minimum Gasteiger partial charge on any atom is -0.461 e. The zero-order valence-electron chi connectivity index (χ0n) is 15.3. The number of carbonyl (C=O) groups is 1. The minimum atomic E-state index is 0.175. The van der Waals surface area contributed by atoms with Crippen molar-refractivity contribution in [1.82, 2.24) is 19.7 Å². The predicted molar refractivity (Wildman–Crippen MR) is 101 cm³/mol. The molecular weight excluding hydrogens is 328 g/mol. The van der Waals surface area contributed by atoms with Crippen LogP contribution in [0.1, 0.15) is 17.0 Å². The van der Waals surface area contributed by atoms with E-state index in [9.17, 15) is 4.79 Å². The Labute approximate surface area is 152 Å². The molecule has 5 rings (SSSR count). The number of furan rings is 1. The second-order valence-corrected chi connectivity index (χ2v) is 7.58. The van der Waals surface area contributed by atoms with Gasteiger partial charge in [0, 0.05) is 73.2 Å². The molecule has 26 heavy (non-hydrogen) atoms. The molecule has 6 heteroatoms. The minimum absolute atomic E-state index is 0.175. The van der Waals surface area contributed by atoms with E-state index in [2.05, 4.69) is 29.1 Å². The zero-order chi connectivity index (χ0) is 17.8. The lowest BCUT2D eigenvalue weighted by atomic mass is 10.0. The fraction of sp³-hybridized carbons (Fsp3) is 0.450. The summed E-state index contributed by atoms with van der Waals surface area (Å²) < 4.78 is 5.81. The van der Waals surface area contributed by atoms with E-state index < -0.39 is 0 Å². The molecule has 1 N–H and O–H groups in total. The Hall–Kier alpha value is -2.47. The molecule has 0 unspecified atom stereocenters. The number of piperazine rings is 1. The number of rotatable bonds is 0. The van der Waals surface area contributed by atoms with Crippen LogP contribution >= 0.6 is 0 Å². The quantitative estimate of drug-likeness (QED) is 0.677. The summed E-state index contributed by atoms with van der Waals surface area (Å²) in [6.07, 6.45) is 0.877. The number of aromatic amines is 1. The molecule has 3 aromatic rings. The first kappa shape index (κ1) is 15.8. The third-order valence-electron chi connectivity index (χ3n) is 5.80. The number of hydrogen-bond acceptors (Lipinski definition) is 3. The molecule has 0 saturated carbocycles. The summed E-state index contributed by atoms with van der Waals surface area (Å²) in [5.41, 5.74) is 4.56. The van der Waals surface area contributed by atoms with Gasteiger partial charge in [-0.1, -0.05) is 0 Å². The van der Waals surface area contributed by atoms with Gasteiger partial charge < -0.3 is 24.1 Å². The monoisotopic (exact) mass is 352 g/mol. The maximum absolute atomic E-state index is 13.0. The van der Waals surface area contributed by atoms with Crippen molar-refractivity contribution in [2.45, 2.75) is 19.9 Å². The number of amides is 2. The third-order valence-corrected chi connectivity index (χ3v) is 5.80. The molecule has 2 aliphatic heterocycles. The number of fused-ring (bicyclic) bond motifs is 5. The molecular formula is C20H24N4O2. The molecule has 1 aromatic carbocycles. The van der Waals surface area contributed by atoms with E-state index in [1.807, 2.05) is 22.8 Å². The summed E-state index contributed by atoms with van der Waals surface area (Å²) in [4.78, 5) is 22.8. The standard InChI is InChI=1S/C20H24N4O2/c1-13-11-14-18(26-13)4-3-17-19(14)15-12-24(6-5-16(15)21-17)20(25)23-9-7-22(2)8-10-23/h3-4,11,21H,5-10,12H2,1-2H3. The normalized spacial score (nSPS) is 18.7. The highest BCUT2D eigenvalue weighted by molar-refractivity contribution is 6.07.